The number of hydrogen-bond acceptors (Lipinski definition) is 2. The number of benzene rings is 1. The van der Waals surface area contributed by atoms with E-state index in [1.54, 1.807) is 0 Å². The third-order valence-electron chi connectivity index (χ3n) is 3.84. The Kier molecular flexibility index (Phi) is 7.66. The smallest absolute Gasteiger partial charge is 0.0473 e. The normalized spacial score (nSPS) is 14.4. The van der Waals surface area contributed by atoms with Gasteiger partial charge in [-0.25, -0.2) is 0 Å². The molecule has 0 aromatic heterocycles. The van der Waals surface area contributed by atoms with Gasteiger partial charge in [0.05, 0.1) is 0 Å². The second kappa shape index (κ2) is 8.72. The van der Waals surface area contributed by atoms with Crippen molar-refractivity contribution in [2.45, 2.75) is 58.9 Å². The molecule has 0 saturated carbocycles. The second-order valence-corrected chi connectivity index (χ2v) is 6.25. The van der Waals surface area contributed by atoms with Gasteiger partial charge in [-0.05, 0) is 36.5 Å². The SMILES string of the molecule is CCCCC(CC)CC(NN)c1ccc(C)cc1Br. The van der Waals surface area contributed by atoms with Gasteiger partial charge in [-0.2, -0.15) is 0 Å². The summed E-state index contributed by atoms with van der Waals surface area (Å²) in [5.74, 6) is 6.52. The highest BCUT2D eigenvalue weighted by atomic mass is 79.9. The van der Waals surface area contributed by atoms with E-state index in [2.05, 4.69) is 60.3 Å². The quantitative estimate of drug-likeness (QED) is 0.528. The second-order valence-electron chi connectivity index (χ2n) is 5.40. The summed E-state index contributed by atoms with van der Waals surface area (Å²) in [5.41, 5.74) is 5.52. The molecule has 3 N–H and O–H groups in total. The standard InChI is InChI=1S/C16H27BrN2/c1-4-6-7-13(5-2)11-16(19-18)14-9-8-12(3)10-15(14)17/h8-10,13,16,19H,4-7,11,18H2,1-3H3. The fourth-order valence-electron chi connectivity index (χ4n) is 2.51. The predicted octanol–water partition coefficient (Wildman–Crippen LogP) is 4.87. The lowest BCUT2D eigenvalue weighted by atomic mass is 9.89. The highest BCUT2D eigenvalue weighted by Crippen LogP contribution is 2.31. The zero-order valence-electron chi connectivity index (χ0n) is 12.4. The molecular formula is C16H27BrN2. The van der Waals surface area contributed by atoms with Crippen LogP contribution in [-0.4, -0.2) is 0 Å². The van der Waals surface area contributed by atoms with Crippen LogP contribution in [0.4, 0.5) is 0 Å². The third kappa shape index (κ3) is 5.25. The first-order chi connectivity index (χ1) is 9.12. The fourth-order valence-corrected chi connectivity index (χ4v) is 3.28. The van der Waals surface area contributed by atoms with Crippen molar-refractivity contribution in [3.8, 4) is 0 Å². The Labute approximate surface area is 126 Å². The Bertz CT molecular complexity index is 379. The maximum atomic E-state index is 5.77. The van der Waals surface area contributed by atoms with E-state index in [4.69, 9.17) is 5.84 Å². The van der Waals surface area contributed by atoms with Crippen LogP contribution < -0.4 is 11.3 Å². The summed E-state index contributed by atoms with van der Waals surface area (Å²) >= 11 is 3.66. The lowest BCUT2D eigenvalue weighted by Gasteiger charge is -2.23. The van der Waals surface area contributed by atoms with Crippen LogP contribution in [0, 0.1) is 12.8 Å². The van der Waals surface area contributed by atoms with E-state index in [1.807, 2.05) is 0 Å². The summed E-state index contributed by atoms with van der Waals surface area (Å²) in [7, 11) is 0. The minimum absolute atomic E-state index is 0.233. The van der Waals surface area contributed by atoms with E-state index >= 15 is 0 Å². The van der Waals surface area contributed by atoms with Gasteiger partial charge in [-0.1, -0.05) is 67.6 Å². The first kappa shape index (κ1) is 16.7. The van der Waals surface area contributed by atoms with Gasteiger partial charge in [0.25, 0.3) is 0 Å². The maximum Gasteiger partial charge on any atom is 0.0473 e. The molecule has 0 saturated heterocycles. The van der Waals surface area contributed by atoms with Gasteiger partial charge in [0.15, 0.2) is 0 Å². The van der Waals surface area contributed by atoms with Gasteiger partial charge in [-0.15, -0.1) is 0 Å². The van der Waals surface area contributed by atoms with Gasteiger partial charge in [0, 0.05) is 10.5 Å². The molecule has 1 rings (SSSR count). The predicted molar refractivity (Wildman–Crippen MR) is 86.9 cm³/mol. The number of hydrazine groups is 1. The number of hydrogen-bond donors (Lipinski definition) is 2. The molecule has 0 aliphatic carbocycles. The topological polar surface area (TPSA) is 38.0 Å². The molecule has 1 aromatic carbocycles. The summed E-state index contributed by atoms with van der Waals surface area (Å²) in [6.07, 6.45) is 6.21. The van der Waals surface area contributed by atoms with Crippen LogP contribution in [0.25, 0.3) is 0 Å². The Balaban J connectivity index is 2.76. The van der Waals surface area contributed by atoms with E-state index in [1.165, 1.54) is 36.8 Å². The summed E-state index contributed by atoms with van der Waals surface area (Å²) in [5, 5.41) is 0. The molecule has 2 atom stereocenters. The molecule has 0 aliphatic heterocycles. The number of unbranched alkanes of at least 4 members (excludes halogenated alkanes) is 1. The van der Waals surface area contributed by atoms with E-state index in [9.17, 15) is 0 Å². The van der Waals surface area contributed by atoms with Crippen molar-refractivity contribution in [2.75, 3.05) is 0 Å². The highest BCUT2D eigenvalue weighted by molar-refractivity contribution is 9.10. The lowest BCUT2D eigenvalue weighted by molar-refractivity contribution is 0.356. The summed E-state index contributed by atoms with van der Waals surface area (Å²) in [4.78, 5) is 0. The van der Waals surface area contributed by atoms with Gasteiger partial charge in [0.1, 0.15) is 0 Å². The molecule has 0 radical (unpaired) electrons. The average Bonchev–Trinajstić information content (AvgIpc) is 2.40. The molecule has 0 fully saturated rings. The minimum atomic E-state index is 0.233. The van der Waals surface area contributed by atoms with Crippen molar-refractivity contribution in [3.05, 3.63) is 33.8 Å². The van der Waals surface area contributed by atoms with Crippen LogP contribution >= 0.6 is 15.9 Å². The molecule has 3 heteroatoms. The number of rotatable bonds is 8. The van der Waals surface area contributed by atoms with Crippen molar-refractivity contribution < 1.29 is 0 Å². The fraction of sp³-hybridized carbons (Fsp3) is 0.625. The zero-order valence-corrected chi connectivity index (χ0v) is 14.0. The first-order valence-electron chi connectivity index (χ1n) is 7.34. The molecule has 2 nitrogen and oxygen atoms in total. The molecule has 108 valence electrons. The minimum Gasteiger partial charge on any atom is -0.271 e. The van der Waals surface area contributed by atoms with Crippen LogP contribution in [0.5, 0.6) is 0 Å². The van der Waals surface area contributed by atoms with Crippen molar-refractivity contribution in [1.82, 2.24) is 5.43 Å². The van der Waals surface area contributed by atoms with Crippen LogP contribution in [0.3, 0.4) is 0 Å². The van der Waals surface area contributed by atoms with Crippen LogP contribution in [0.15, 0.2) is 22.7 Å². The van der Waals surface area contributed by atoms with E-state index in [-0.39, 0.29) is 6.04 Å². The van der Waals surface area contributed by atoms with Gasteiger partial charge >= 0.3 is 0 Å². The molecule has 1 aromatic rings. The molecule has 0 heterocycles. The molecule has 0 bridgehead atoms. The molecule has 19 heavy (non-hydrogen) atoms. The van der Waals surface area contributed by atoms with Crippen LogP contribution in [0.1, 0.15) is 63.1 Å². The number of nitrogens with one attached hydrogen (secondary N) is 1. The Morgan fingerprint density at radius 1 is 1.32 bits per heavy atom. The van der Waals surface area contributed by atoms with Crippen molar-refractivity contribution >= 4 is 15.9 Å². The molecule has 2 unspecified atom stereocenters. The summed E-state index contributed by atoms with van der Waals surface area (Å²) in [6.45, 7) is 6.63. The monoisotopic (exact) mass is 326 g/mol. The Hall–Kier alpha value is -0.380. The number of nitrogens with two attached hydrogens (primary N) is 1. The van der Waals surface area contributed by atoms with Crippen LogP contribution in [-0.2, 0) is 0 Å². The van der Waals surface area contributed by atoms with Gasteiger partial charge < -0.3 is 0 Å². The largest absolute Gasteiger partial charge is 0.271 e. The van der Waals surface area contributed by atoms with Crippen molar-refractivity contribution in [3.63, 3.8) is 0 Å². The van der Waals surface area contributed by atoms with Gasteiger partial charge in [0.2, 0.25) is 0 Å². The molecular weight excluding hydrogens is 300 g/mol. The molecule has 0 amide bonds. The third-order valence-corrected chi connectivity index (χ3v) is 4.53. The first-order valence-corrected chi connectivity index (χ1v) is 8.13. The van der Waals surface area contributed by atoms with Crippen molar-refractivity contribution in [2.24, 2.45) is 11.8 Å². The highest BCUT2D eigenvalue weighted by Gasteiger charge is 2.17. The number of halogens is 1. The maximum absolute atomic E-state index is 5.77. The zero-order chi connectivity index (χ0) is 14.3. The summed E-state index contributed by atoms with van der Waals surface area (Å²) in [6, 6.07) is 6.72. The van der Waals surface area contributed by atoms with E-state index in [0.717, 1.165) is 16.8 Å². The summed E-state index contributed by atoms with van der Waals surface area (Å²) < 4.78 is 1.15. The van der Waals surface area contributed by atoms with E-state index < -0.39 is 0 Å². The lowest BCUT2D eigenvalue weighted by Crippen LogP contribution is -2.30. The number of aryl methyl sites for hydroxylation is 1. The van der Waals surface area contributed by atoms with E-state index in [0.29, 0.717) is 0 Å². The molecule has 0 aliphatic rings. The Morgan fingerprint density at radius 2 is 2.05 bits per heavy atom. The Morgan fingerprint density at radius 3 is 2.58 bits per heavy atom. The van der Waals surface area contributed by atoms with Gasteiger partial charge in [-0.3, -0.25) is 11.3 Å². The average molecular weight is 327 g/mol. The van der Waals surface area contributed by atoms with Crippen LogP contribution in [0.2, 0.25) is 0 Å². The molecule has 0 spiro atoms. The van der Waals surface area contributed by atoms with Crippen molar-refractivity contribution in [1.29, 1.82) is 0 Å².